The first kappa shape index (κ1) is 13.3. The third-order valence-corrected chi connectivity index (χ3v) is 4.66. The molecule has 0 saturated carbocycles. The van der Waals surface area contributed by atoms with E-state index in [2.05, 4.69) is 15.9 Å². The average molecular weight is 324 g/mol. The van der Waals surface area contributed by atoms with Crippen LogP contribution in [-0.2, 0) is 16.6 Å². The predicted molar refractivity (Wildman–Crippen MR) is 79.8 cm³/mol. The van der Waals surface area contributed by atoms with Crippen molar-refractivity contribution in [3.8, 4) is 0 Å². The lowest BCUT2D eigenvalue weighted by molar-refractivity contribution is 0.682. The molecule has 1 atom stereocenters. The maximum absolute atomic E-state index is 12.3. The molecule has 2 rings (SSSR count). The van der Waals surface area contributed by atoms with E-state index >= 15 is 0 Å². The van der Waals surface area contributed by atoms with Gasteiger partial charge in [-0.3, -0.25) is 4.21 Å². The molecule has 0 fully saturated rings. The van der Waals surface area contributed by atoms with E-state index in [1.54, 1.807) is 6.07 Å². The van der Waals surface area contributed by atoms with Gasteiger partial charge in [0.15, 0.2) is 0 Å². The molecule has 0 aliphatic carbocycles. The van der Waals surface area contributed by atoms with E-state index in [0.717, 1.165) is 20.5 Å². The summed E-state index contributed by atoms with van der Waals surface area (Å²) in [6.07, 6.45) is 0. The Morgan fingerprint density at radius 2 is 2.00 bits per heavy atom. The molecule has 0 heterocycles. The molecule has 4 heteroatoms. The highest BCUT2D eigenvalue weighted by molar-refractivity contribution is 9.10. The van der Waals surface area contributed by atoms with E-state index in [9.17, 15) is 4.21 Å². The van der Waals surface area contributed by atoms with Crippen LogP contribution in [0.1, 0.15) is 11.1 Å². The van der Waals surface area contributed by atoms with Crippen LogP contribution >= 0.6 is 15.9 Å². The van der Waals surface area contributed by atoms with Crippen molar-refractivity contribution in [2.75, 3.05) is 5.73 Å². The van der Waals surface area contributed by atoms with Gasteiger partial charge in [0.25, 0.3) is 0 Å². The molecule has 0 spiro atoms. The van der Waals surface area contributed by atoms with Gasteiger partial charge in [-0.2, -0.15) is 0 Å². The Morgan fingerprint density at radius 1 is 1.22 bits per heavy atom. The molecule has 2 nitrogen and oxygen atoms in total. The standard InChI is InChI=1S/C14H14BrNOS/c1-10-5-6-13(16)8-14(10)18(17)9-11-3-2-4-12(15)7-11/h2-8H,9,16H2,1H3. The van der Waals surface area contributed by atoms with E-state index in [1.807, 2.05) is 43.3 Å². The Balaban J connectivity index is 2.24. The van der Waals surface area contributed by atoms with Gasteiger partial charge in [-0.1, -0.05) is 34.1 Å². The molecule has 2 N–H and O–H groups in total. The smallest absolute Gasteiger partial charge is 0.0577 e. The first-order chi connectivity index (χ1) is 8.56. The van der Waals surface area contributed by atoms with Crippen LogP contribution in [0.4, 0.5) is 5.69 Å². The molecule has 0 radical (unpaired) electrons. The van der Waals surface area contributed by atoms with Crippen LogP contribution in [0.15, 0.2) is 51.8 Å². The fourth-order valence-corrected chi connectivity index (χ4v) is 3.50. The number of benzene rings is 2. The topological polar surface area (TPSA) is 43.1 Å². The molecular weight excluding hydrogens is 310 g/mol. The minimum Gasteiger partial charge on any atom is -0.399 e. The summed E-state index contributed by atoms with van der Waals surface area (Å²) >= 11 is 3.42. The van der Waals surface area contributed by atoms with Gasteiger partial charge in [0.1, 0.15) is 0 Å². The number of nitrogens with two attached hydrogens (primary N) is 1. The van der Waals surface area contributed by atoms with Crippen molar-refractivity contribution in [3.05, 3.63) is 58.1 Å². The molecule has 2 aromatic carbocycles. The van der Waals surface area contributed by atoms with Crippen molar-refractivity contribution < 1.29 is 4.21 Å². The van der Waals surface area contributed by atoms with Crippen molar-refractivity contribution in [1.29, 1.82) is 0 Å². The van der Waals surface area contributed by atoms with Gasteiger partial charge in [-0.15, -0.1) is 0 Å². The summed E-state index contributed by atoms with van der Waals surface area (Å²) in [5, 5.41) is 0. The second-order valence-electron chi connectivity index (χ2n) is 4.14. The van der Waals surface area contributed by atoms with Crippen LogP contribution < -0.4 is 5.73 Å². The van der Waals surface area contributed by atoms with E-state index in [1.165, 1.54) is 0 Å². The van der Waals surface area contributed by atoms with Gasteiger partial charge in [0.2, 0.25) is 0 Å². The average Bonchev–Trinajstić information content (AvgIpc) is 2.32. The SMILES string of the molecule is Cc1ccc(N)cc1S(=O)Cc1cccc(Br)c1. The zero-order chi connectivity index (χ0) is 13.1. The molecule has 0 saturated heterocycles. The summed E-state index contributed by atoms with van der Waals surface area (Å²) in [6, 6.07) is 13.4. The second-order valence-corrected chi connectivity index (χ2v) is 6.48. The number of nitrogen functional groups attached to an aromatic ring is 1. The van der Waals surface area contributed by atoms with Crippen LogP contribution in [0.25, 0.3) is 0 Å². The van der Waals surface area contributed by atoms with Crippen molar-refractivity contribution in [3.63, 3.8) is 0 Å². The number of anilines is 1. The zero-order valence-electron chi connectivity index (χ0n) is 10.0. The first-order valence-electron chi connectivity index (χ1n) is 5.55. The van der Waals surface area contributed by atoms with Crippen LogP contribution in [0, 0.1) is 6.92 Å². The van der Waals surface area contributed by atoms with Crippen molar-refractivity contribution in [2.45, 2.75) is 17.6 Å². The summed E-state index contributed by atoms with van der Waals surface area (Å²) in [7, 11) is -1.07. The summed E-state index contributed by atoms with van der Waals surface area (Å²) in [6.45, 7) is 1.95. The minimum absolute atomic E-state index is 0.504. The van der Waals surface area contributed by atoms with Crippen LogP contribution in [0.5, 0.6) is 0 Å². The highest BCUT2D eigenvalue weighted by atomic mass is 79.9. The second kappa shape index (κ2) is 5.67. The Hall–Kier alpha value is -1.13. The van der Waals surface area contributed by atoms with Gasteiger partial charge in [0.05, 0.1) is 16.6 Å². The molecule has 18 heavy (non-hydrogen) atoms. The zero-order valence-corrected chi connectivity index (χ0v) is 12.4. The Kier molecular flexibility index (Phi) is 4.19. The molecule has 2 aromatic rings. The van der Waals surface area contributed by atoms with Crippen LogP contribution in [-0.4, -0.2) is 4.21 Å². The lowest BCUT2D eigenvalue weighted by Gasteiger charge is -2.07. The lowest BCUT2D eigenvalue weighted by Crippen LogP contribution is -2.00. The van der Waals surface area contributed by atoms with E-state index < -0.39 is 10.8 Å². The third kappa shape index (κ3) is 3.21. The normalized spacial score (nSPS) is 12.3. The van der Waals surface area contributed by atoms with Gasteiger partial charge in [-0.05, 0) is 42.3 Å². The quantitative estimate of drug-likeness (QED) is 0.876. The molecule has 1 unspecified atom stereocenters. The molecule has 0 aromatic heterocycles. The van der Waals surface area contributed by atoms with Crippen molar-refractivity contribution >= 4 is 32.4 Å². The summed E-state index contributed by atoms with van der Waals surface area (Å²) in [4.78, 5) is 0.815. The van der Waals surface area contributed by atoms with Crippen LogP contribution in [0.3, 0.4) is 0 Å². The maximum atomic E-state index is 12.3. The van der Waals surface area contributed by atoms with Gasteiger partial charge in [0, 0.05) is 15.1 Å². The van der Waals surface area contributed by atoms with Crippen molar-refractivity contribution in [1.82, 2.24) is 0 Å². The monoisotopic (exact) mass is 323 g/mol. The highest BCUT2D eigenvalue weighted by Gasteiger charge is 2.09. The van der Waals surface area contributed by atoms with Gasteiger partial charge >= 0.3 is 0 Å². The molecule has 0 amide bonds. The molecule has 0 bridgehead atoms. The summed E-state index contributed by atoms with van der Waals surface area (Å²) in [5.74, 6) is 0.504. The number of halogens is 1. The fourth-order valence-electron chi connectivity index (χ4n) is 1.72. The van der Waals surface area contributed by atoms with Gasteiger partial charge in [-0.25, -0.2) is 0 Å². The third-order valence-electron chi connectivity index (χ3n) is 2.64. The summed E-state index contributed by atoms with van der Waals surface area (Å²) in [5.41, 5.74) is 8.45. The molecule has 0 aliphatic heterocycles. The Labute approximate surface area is 118 Å². The Bertz CT molecular complexity index is 598. The van der Waals surface area contributed by atoms with E-state index in [-0.39, 0.29) is 0 Å². The number of rotatable bonds is 3. The van der Waals surface area contributed by atoms with Crippen molar-refractivity contribution in [2.24, 2.45) is 0 Å². The van der Waals surface area contributed by atoms with E-state index in [4.69, 9.17) is 5.73 Å². The first-order valence-corrected chi connectivity index (χ1v) is 7.66. The highest BCUT2D eigenvalue weighted by Crippen LogP contribution is 2.20. The fraction of sp³-hybridized carbons (Fsp3) is 0.143. The minimum atomic E-state index is -1.07. The lowest BCUT2D eigenvalue weighted by atomic mass is 10.2. The van der Waals surface area contributed by atoms with Crippen LogP contribution in [0.2, 0.25) is 0 Å². The molecule has 0 aliphatic rings. The number of hydrogen-bond acceptors (Lipinski definition) is 2. The predicted octanol–water partition coefficient (Wildman–Crippen LogP) is 3.65. The number of hydrogen-bond donors (Lipinski definition) is 1. The number of aryl methyl sites for hydroxylation is 1. The molecular formula is C14H14BrNOS. The summed E-state index contributed by atoms with van der Waals surface area (Å²) < 4.78 is 13.3. The largest absolute Gasteiger partial charge is 0.399 e. The van der Waals surface area contributed by atoms with E-state index in [0.29, 0.717) is 11.4 Å². The maximum Gasteiger partial charge on any atom is 0.0577 e. The Morgan fingerprint density at radius 3 is 2.72 bits per heavy atom. The van der Waals surface area contributed by atoms with Gasteiger partial charge < -0.3 is 5.73 Å². The molecule has 94 valence electrons.